The Morgan fingerprint density at radius 2 is 2.09 bits per heavy atom. The molecule has 0 aliphatic carbocycles. The predicted molar refractivity (Wildman–Crippen MR) is 117 cm³/mol. The van der Waals surface area contributed by atoms with Crippen LogP contribution in [-0.4, -0.2) is 49.5 Å². The molecule has 9 heteroatoms. The molecule has 0 spiro atoms. The maximum atomic E-state index is 12.8. The molecule has 1 saturated heterocycles. The van der Waals surface area contributed by atoms with Crippen molar-refractivity contribution in [2.75, 3.05) is 31.6 Å². The molecule has 2 aliphatic heterocycles. The summed E-state index contributed by atoms with van der Waals surface area (Å²) in [6, 6.07) is 13.9. The average molecular weight is 444 g/mol. The normalized spacial score (nSPS) is 20.9. The van der Waals surface area contributed by atoms with Crippen LogP contribution in [0.1, 0.15) is 36.6 Å². The van der Waals surface area contributed by atoms with Gasteiger partial charge in [0.1, 0.15) is 11.5 Å². The van der Waals surface area contributed by atoms with E-state index in [1.54, 1.807) is 17.1 Å². The number of carbonyl (C=O) groups is 1. The largest absolute Gasteiger partial charge is 0.435 e. The SMILES string of the molecule is CCN1N=C(C(=O)Nc2ccc([C@H]3CNCCO3)cc2)CC1c1cccc(OC(F)F)c1. The molecule has 1 fully saturated rings. The van der Waals surface area contributed by atoms with E-state index in [4.69, 9.17) is 4.74 Å². The van der Waals surface area contributed by atoms with Gasteiger partial charge in [0.05, 0.1) is 18.8 Å². The fourth-order valence-electron chi connectivity index (χ4n) is 3.94. The first-order chi connectivity index (χ1) is 15.5. The number of amides is 1. The standard InChI is InChI=1S/C23H26F2N4O3/c1-2-29-20(16-4-3-5-18(12-16)32-23(24)25)13-19(28-29)22(30)27-17-8-6-15(7-9-17)21-14-26-10-11-31-21/h3-9,12,20-21,23,26H,2,10-11,13-14H2,1H3,(H,27,30)/t20?,21-/m1/s1. The molecule has 7 nitrogen and oxygen atoms in total. The van der Waals surface area contributed by atoms with Gasteiger partial charge in [0.2, 0.25) is 0 Å². The van der Waals surface area contributed by atoms with Crippen LogP contribution in [0.2, 0.25) is 0 Å². The quantitative estimate of drug-likeness (QED) is 0.681. The highest BCUT2D eigenvalue weighted by Gasteiger charge is 2.31. The Hall–Kier alpha value is -3.04. The van der Waals surface area contributed by atoms with Gasteiger partial charge in [-0.05, 0) is 42.3 Å². The van der Waals surface area contributed by atoms with Crippen molar-refractivity contribution in [3.8, 4) is 5.75 Å². The molecule has 0 aromatic heterocycles. The van der Waals surface area contributed by atoms with E-state index >= 15 is 0 Å². The summed E-state index contributed by atoms with van der Waals surface area (Å²) < 4.78 is 35.4. The molecule has 2 aromatic rings. The fourth-order valence-corrected chi connectivity index (χ4v) is 3.94. The van der Waals surface area contributed by atoms with Crippen molar-refractivity contribution in [1.82, 2.24) is 10.3 Å². The number of nitrogens with zero attached hydrogens (tertiary/aromatic N) is 2. The third-order valence-electron chi connectivity index (χ3n) is 5.52. The van der Waals surface area contributed by atoms with Gasteiger partial charge < -0.3 is 20.1 Å². The molecule has 2 N–H and O–H groups in total. The molecule has 4 rings (SSSR count). The first-order valence-corrected chi connectivity index (χ1v) is 10.7. The molecule has 1 unspecified atom stereocenters. The van der Waals surface area contributed by atoms with Crippen molar-refractivity contribution in [2.24, 2.45) is 5.10 Å². The zero-order valence-electron chi connectivity index (χ0n) is 17.8. The molecule has 2 aliphatic rings. The lowest BCUT2D eigenvalue weighted by molar-refractivity contribution is -0.110. The summed E-state index contributed by atoms with van der Waals surface area (Å²) in [4.78, 5) is 12.8. The van der Waals surface area contributed by atoms with Crippen molar-refractivity contribution in [3.05, 3.63) is 59.7 Å². The summed E-state index contributed by atoms with van der Waals surface area (Å²) in [5, 5.41) is 12.4. The highest BCUT2D eigenvalue weighted by Crippen LogP contribution is 2.33. The maximum Gasteiger partial charge on any atom is 0.387 e. The monoisotopic (exact) mass is 444 g/mol. The van der Waals surface area contributed by atoms with Crippen LogP contribution in [0.5, 0.6) is 5.75 Å². The third-order valence-corrected chi connectivity index (χ3v) is 5.52. The van der Waals surface area contributed by atoms with Crippen molar-refractivity contribution in [1.29, 1.82) is 0 Å². The minimum Gasteiger partial charge on any atom is -0.435 e. The van der Waals surface area contributed by atoms with Crippen molar-refractivity contribution < 1.29 is 23.0 Å². The first kappa shape index (κ1) is 22.2. The second-order valence-corrected chi connectivity index (χ2v) is 7.61. The zero-order valence-corrected chi connectivity index (χ0v) is 17.8. The van der Waals surface area contributed by atoms with E-state index in [0.29, 0.717) is 31.0 Å². The number of alkyl halides is 2. The van der Waals surface area contributed by atoms with Gasteiger partial charge in [0.25, 0.3) is 5.91 Å². The van der Waals surface area contributed by atoms with Crippen LogP contribution in [0.15, 0.2) is 53.6 Å². The number of benzene rings is 2. The Morgan fingerprint density at radius 3 is 2.78 bits per heavy atom. The van der Waals surface area contributed by atoms with E-state index in [9.17, 15) is 13.6 Å². The number of morpholine rings is 1. The Balaban J connectivity index is 1.41. The number of nitrogens with one attached hydrogen (secondary N) is 2. The van der Waals surface area contributed by atoms with E-state index in [0.717, 1.165) is 24.2 Å². The summed E-state index contributed by atoms with van der Waals surface area (Å²) in [5.74, 6) is -0.196. The number of anilines is 1. The van der Waals surface area contributed by atoms with Gasteiger partial charge >= 0.3 is 6.61 Å². The molecule has 1 amide bonds. The number of hydrazone groups is 1. The van der Waals surface area contributed by atoms with Gasteiger partial charge in [0.15, 0.2) is 0 Å². The fraction of sp³-hybridized carbons (Fsp3) is 0.391. The number of ether oxygens (including phenoxy) is 2. The van der Waals surface area contributed by atoms with Crippen LogP contribution in [0.4, 0.5) is 14.5 Å². The van der Waals surface area contributed by atoms with Gasteiger partial charge in [-0.2, -0.15) is 13.9 Å². The molecular formula is C23H26F2N4O3. The Bertz CT molecular complexity index is 962. The van der Waals surface area contributed by atoms with Gasteiger partial charge in [0, 0.05) is 31.7 Å². The average Bonchev–Trinajstić information content (AvgIpc) is 3.25. The van der Waals surface area contributed by atoms with Crippen LogP contribution in [0.25, 0.3) is 0 Å². The van der Waals surface area contributed by atoms with Gasteiger partial charge in [-0.3, -0.25) is 9.80 Å². The number of halogens is 2. The smallest absolute Gasteiger partial charge is 0.387 e. The van der Waals surface area contributed by atoms with E-state index in [2.05, 4.69) is 20.5 Å². The first-order valence-electron chi connectivity index (χ1n) is 10.7. The van der Waals surface area contributed by atoms with Crippen molar-refractivity contribution in [3.63, 3.8) is 0 Å². The summed E-state index contributed by atoms with van der Waals surface area (Å²) in [6.07, 6.45) is 0.383. The molecule has 2 heterocycles. The summed E-state index contributed by atoms with van der Waals surface area (Å²) in [6.45, 7) is 1.91. The topological polar surface area (TPSA) is 75.2 Å². The van der Waals surface area contributed by atoms with Crippen LogP contribution < -0.4 is 15.4 Å². The van der Waals surface area contributed by atoms with Gasteiger partial charge in [-0.1, -0.05) is 24.3 Å². The highest BCUT2D eigenvalue weighted by atomic mass is 19.3. The van der Waals surface area contributed by atoms with Crippen molar-refractivity contribution in [2.45, 2.75) is 32.1 Å². The molecule has 0 radical (unpaired) electrons. The summed E-state index contributed by atoms with van der Waals surface area (Å²) in [5.41, 5.74) is 2.88. The Labute approximate surface area is 185 Å². The lowest BCUT2D eigenvalue weighted by Gasteiger charge is -2.24. The van der Waals surface area contributed by atoms with Gasteiger partial charge in [-0.25, -0.2) is 0 Å². The Morgan fingerprint density at radius 1 is 1.28 bits per heavy atom. The highest BCUT2D eigenvalue weighted by molar-refractivity contribution is 6.43. The predicted octanol–water partition coefficient (Wildman–Crippen LogP) is 3.71. The van der Waals surface area contributed by atoms with Crippen LogP contribution in [-0.2, 0) is 9.53 Å². The molecule has 170 valence electrons. The molecule has 2 atom stereocenters. The van der Waals surface area contributed by atoms with Crippen LogP contribution in [0.3, 0.4) is 0 Å². The number of hydrogen-bond donors (Lipinski definition) is 2. The molecule has 2 aromatic carbocycles. The summed E-state index contributed by atoms with van der Waals surface area (Å²) in [7, 11) is 0. The maximum absolute atomic E-state index is 12.8. The lowest BCUT2D eigenvalue weighted by atomic mass is 10.0. The number of carbonyl (C=O) groups excluding carboxylic acids is 1. The Kier molecular flexibility index (Phi) is 6.96. The van der Waals surface area contributed by atoms with Crippen LogP contribution in [0, 0.1) is 0 Å². The second kappa shape index (κ2) is 10.1. The van der Waals surface area contributed by atoms with E-state index in [1.165, 1.54) is 6.07 Å². The lowest BCUT2D eigenvalue weighted by Crippen LogP contribution is -2.33. The minimum absolute atomic E-state index is 0.0105. The van der Waals surface area contributed by atoms with Crippen molar-refractivity contribution >= 4 is 17.3 Å². The minimum atomic E-state index is -2.89. The van der Waals surface area contributed by atoms with Gasteiger partial charge in [-0.15, -0.1) is 0 Å². The molecule has 0 saturated carbocycles. The van der Waals surface area contributed by atoms with E-state index in [-0.39, 0.29) is 23.8 Å². The number of rotatable bonds is 7. The molecule has 0 bridgehead atoms. The number of hydrogen-bond acceptors (Lipinski definition) is 6. The molecular weight excluding hydrogens is 418 g/mol. The zero-order chi connectivity index (χ0) is 22.5. The van der Waals surface area contributed by atoms with Crippen LogP contribution >= 0.6 is 0 Å². The van der Waals surface area contributed by atoms with E-state index in [1.807, 2.05) is 37.3 Å². The molecule has 32 heavy (non-hydrogen) atoms. The summed E-state index contributed by atoms with van der Waals surface area (Å²) >= 11 is 0. The third kappa shape index (κ3) is 5.23. The second-order valence-electron chi connectivity index (χ2n) is 7.61. The van der Waals surface area contributed by atoms with E-state index < -0.39 is 6.61 Å².